The van der Waals surface area contributed by atoms with Gasteiger partial charge >= 0.3 is 0 Å². The number of nitrogens with one attached hydrogen (secondary N) is 2. The van der Waals surface area contributed by atoms with Crippen LogP contribution >= 0.6 is 0 Å². The van der Waals surface area contributed by atoms with Crippen molar-refractivity contribution in [2.24, 2.45) is 0 Å². The van der Waals surface area contributed by atoms with Gasteiger partial charge in [0.25, 0.3) is 13.9 Å². The van der Waals surface area contributed by atoms with E-state index in [1.807, 2.05) is 30.3 Å². The summed E-state index contributed by atoms with van der Waals surface area (Å²) in [5, 5.41) is 22.2. The molecule has 0 spiro atoms. The fourth-order valence-corrected chi connectivity index (χ4v) is 4.24. The SMILES string of the molecule is [B]n1ncc2cc(Nc3nc(-c4cccc(NC(=O)c5cccnc5)c4)nc4cc(OC)c(O)cc34)ccc21. The number of pyridine rings is 1. The van der Waals surface area contributed by atoms with E-state index in [9.17, 15) is 9.90 Å². The first kappa shape index (κ1) is 23.9. The van der Waals surface area contributed by atoms with Crippen LogP contribution in [0.5, 0.6) is 11.5 Å². The minimum atomic E-state index is -0.279. The molecular formula is C28H20BN7O3. The lowest BCUT2D eigenvalue weighted by Crippen LogP contribution is -2.12. The first-order chi connectivity index (χ1) is 19.0. The van der Waals surface area contributed by atoms with E-state index in [2.05, 4.69) is 20.7 Å². The molecule has 11 heteroatoms. The molecule has 10 nitrogen and oxygen atoms in total. The average Bonchev–Trinajstić information content (AvgIpc) is 3.33. The topological polar surface area (TPSA) is 127 Å². The van der Waals surface area contributed by atoms with Crippen LogP contribution in [0.15, 0.2) is 85.3 Å². The van der Waals surface area contributed by atoms with Crippen molar-refractivity contribution in [2.75, 3.05) is 17.7 Å². The Kier molecular flexibility index (Phi) is 6.00. The van der Waals surface area contributed by atoms with Crippen LogP contribution in [0, 0.1) is 0 Å². The Morgan fingerprint density at radius 1 is 1.00 bits per heavy atom. The van der Waals surface area contributed by atoms with Gasteiger partial charge in [0.2, 0.25) is 0 Å². The lowest BCUT2D eigenvalue weighted by Gasteiger charge is -2.14. The number of phenols is 1. The molecule has 0 aliphatic heterocycles. The molecule has 0 unspecified atom stereocenters. The van der Waals surface area contributed by atoms with Crippen LogP contribution < -0.4 is 15.4 Å². The molecule has 0 aliphatic carbocycles. The third kappa shape index (κ3) is 4.68. The van der Waals surface area contributed by atoms with Crippen molar-refractivity contribution in [1.29, 1.82) is 0 Å². The van der Waals surface area contributed by atoms with Crippen molar-refractivity contribution in [3.63, 3.8) is 0 Å². The molecule has 3 aromatic heterocycles. The van der Waals surface area contributed by atoms with Crippen LogP contribution in [0.2, 0.25) is 0 Å². The Bertz CT molecular complexity index is 1860. The Balaban J connectivity index is 1.41. The number of aromatic hydroxyl groups is 1. The second-order valence-corrected chi connectivity index (χ2v) is 8.70. The maximum absolute atomic E-state index is 12.6. The highest BCUT2D eigenvalue weighted by molar-refractivity contribution is 6.10. The van der Waals surface area contributed by atoms with E-state index < -0.39 is 0 Å². The van der Waals surface area contributed by atoms with E-state index in [0.29, 0.717) is 39.4 Å². The van der Waals surface area contributed by atoms with Gasteiger partial charge in [0, 0.05) is 46.2 Å². The number of methoxy groups -OCH3 is 1. The number of phenolic OH excluding ortho intramolecular Hbond substituents is 1. The number of hydrogen-bond acceptors (Lipinski definition) is 8. The second kappa shape index (κ2) is 9.79. The summed E-state index contributed by atoms with van der Waals surface area (Å²) in [7, 11) is 7.33. The highest BCUT2D eigenvalue weighted by Gasteiger charge is 2.15. The van der Waals surface area contributed by atoms with Crippen LogP contribution in [0.1, 0.15) is 10.4 Å². The summed E-state index contributed by atoms with van der Waals surface area (Å²) in [5.41, 5.74) is 3.77. The molecule has 1 amide bonds. The summed E-state index contributed by atoms with van der Waals surface area (Å²) >= 11 is 0. The van der Waals surface area contributed by atoms with Crippen molar-refractivity contribution in [3.05, 3.63) is 90.9 Å². The number of fused-ring (bicyclic) bond motifs is 2. The molecule has 0 fully saturated rings. The maximum Gasteiger partial charge on any atom is 0.265 e. The summed E-state index contributed by atoms with van der Waals surface area (Å²) in [4.78, 5) is 26.2. The number of amides is 1. The molecule has 0 aliphatic rings. The molecule has 39 heavy (non-hydrogen) atoms. The van der Waals surface area contributed by atoms with Crippen LogP contribution in [-0.2, 0) is 0 Å². The molecule has 3 N–H and O–H groups in total. The van der Waals surface area contributed by atoms with Gasteiger partial charge in [-0.2, -0.15) is 5.10 Å². The molecule has 0 atom stereocenters. The number of nitrogens with zero attached hydrogens (tertiary/aromatic N) is 5. The summed E-state index contributed by atoms with van der Waals surface area (Å²) in [5.74, 6) is 0.846. The minimum Gasteiger partial charge on any atom is -0.504 e. The van der Waals surface area contributed by atoms with Gasteiger partial charge < -0.3 is 25.1 Å². The Morgan fingerprint density at radius 3 is 2.72 bits per heavy atom. The summed E-state index contributed by atoms with van der Waals surface area (Å²) in [6.45, 7) is 0. The fourth-order valence-electron chi connectivity index (χ4n) is 4.24. The predicted molar refractivity (Wildman–Crippen MR) is 150 cm³/mol. The van der Waals surface area contributed by atoms with E-state index in [1.165, 1.54) is 17.9 Å². The van der Waals surface area contributed by atoms with Crippen LogP contribution in [0.4, 0.5) is 17.2 Å². The van der Waals surface area contributed by atoms with Crippen LogP contribution in [0.25, 0.3) is 33.2 Å². The van der Waals surface area contributed by atoms with Crippen molar-refractivity contribution in [3.8, 4) is 22.9 Å². The third-order valence-corrected chi connectivity index (χ3v) is 6.16. The lowest BCUT2D eigenvalue weighted by molar-refractivity contribution is 0.102. The molecule has 2 radical (unpaired) electrons. The second-order valence-electron chi connectivity index (χ2n) is 8.70. The molecule has 188 valence electrons. The Morgan fingerprint density at radius 2 is 1.90 bits per heavy atom. The van der Waals surface area contributed by atoms with E-state index >= 15 is 0 Å². The van der Waals surface area contributed by atoms with Gasteiger partial charge in [-0.05, 0) is 48.5 Å². The number of anilines is 3. The van der Waals surface area contributed by atoms with Crippen molar-refractivity contribution < 1.29 is 14.6 Å². The first-order valence-electron chi connectivity index (χ1n) is 11.9. The first-order valence-corrected chi connectivity index (χ1v) is 11.9. The monoisotopic (exact) mass is 513 g/mol. The number of hydrogen-bond donors (Lipinski definition) is 3. The minimum absolute atomic E-state index is 0.0376. The number of carbonyl (C=O) groups is 1. The largest absolute Gasteiger partial charge is 0.504 e. The predicted octanol–water partition coefficient (Wildman–Crippen LogP) is 4.68. The summed E-state index contributed by atoms with van der Waals surface area (Å²) < 4.78 is 6.61. The molecular weight excluding hydrogens is 493 g/mol. The van der Waals surface area contributed by atoms with E-state index in [1.54, 1.807) is 48.8 Å². The number of carbonyl (C=O) groups excluding carboxylic acids is 1. The van der Waals surface area contributed by atoms with Gasteiger partial charge in [-0.1, -0.05) is 12.1 Å². The molecule has 6 rings (SSSR count). The van der Waals surface area contributed by atoms with Crippen LogP contribution in [0.3, 0.4) is 0 Å². The van der Waals surface area contributed by atoms with Crippen LogP contribution in [-0.4, -0.2) is 50.7 Å². The molecule has 0 saturated carbocycles. The fraction of sp³-hybridized carbons (Fsp3) is 0.0357. The quantitative estimate of drug-likeness (QED) is 0.274. The van der Waals surface area contributed by atoms with E-state index in [-0.39, 0.29) is 17.4 Å². The molecule has 0 bridgehead atoms. The maximum atomic E-state index is 12.6. The van der Waals surface area contributed by atoms with Crippen molar-refractivity contribution in [1.82, 2.24) is 24.6 Å². The highest BCUT2D eigenvalue weighted by atomic mass is 16.5. The number of aromatic nitrogens is 5. The standard InChI is InChI=1S/C28H20BN7O3/c1-39-25-13-22-21(12-24(25)37)27(32-20-7-8-23-18(11-20)15-31-36(23)29)35-26(34-22)16-4-2-6-19(10-16)33-28(38)17-5-3-9-30-14-17/h2-15,37H,1H3,(H,33,38)(H,32,34,35). The van der Waals surface area contributed by atoms with Crippen molar-refractivity contribution in [2.45, 2.75) is 0 Å². The summed E-state index contributed by atoms with van der Waals surface area (Å²) in [6.07, 6.45) is 4.78. The highest BCUT2D eigenvalue weighted by Crippen LogP contribution is 2.36. The zero-order valence-corrected chi connectivity index (χ0v) is 20.7. The third-order valence-electron chi connectivity index (χ3n) is 6.16. The van der Waals surface area contributed by atoms with Crippen molar-refractivity contribution >= 4 is 52.9 Å². The molecule has 6 aromatic rings. The van der Waals surface area contributed by atoms with Gasteiger partial charge in [0.05, 0.1) is 29.9 Å². The zero-order chi connectivity index (χ0) is 26.9. The van der Waals surface area contributed by atoms with E-state index in [0.717, 1.165) is 16.6 Å². The molecule has 3 heterocycles. The Labute approximate surface area is 223 Å². The Hall–Kier alpha value is -5.45. The summed E-state index contributed by atoms with van der Waals surface area (Å²) in [6, 6.07) is 19.4. The van der Waals surface area contributed by atoms with Gasteiger partial charge in [-0.15, -0.1) is 0 Å². The smallest absolute Gasteiger partial charge is 0.265 e. The van der Waals surface area contributed by atoms with Gasteiger partial charge in [-0.25, -0.2) is 9.97 Å². The molecule has 0 saturated heterocycles. The lowest BCUT2D eigenvalue weighted by atomic mass is 10.1. The van der Waals surface area contributed by atoms with Gasteiger partial charge in [0.15, 0.2) is 17.3 Å². The average molecular weight is 513 g/mol. The zero-order valence-electron chi connectivity index (χ0n) is 20.7. The van der Waals surface area contributed by atoms with Gasteiger partial charge in [-0.3, -0.25) is 9.78 Å². The normalized spacial score (nSPS) is 11.0. The number of benzene rings is 3. The number of ether oxygens (including phenoxy) is 1. The molecule has 3 aromatic carbocycles. The van der Waals surface area contributed by atoms with Gasteiger partial charge in [0.1, 0.15) is 5.82 Å². The number of rotatable bonds is 6. The van der Waals surface area contributed by atoms with E-state index in [4.69, 9.17) is 22.7 Å².